The predicted molar refractivity (Wildman–Crippen MR) is 84.2 cm³/mol. The van der Waals surface area contributed by atoms with Gasteiger partial charge in [0.1, 0.15) is 0 Å². The Bertz CT molecular complexity index is 563. The highest BCUT2D eigenvalue weighted by molar-refractivity contribution is 9.10. The molecule has 3 nitrogen and oxygen atoms in total. The van der Waals surface area contributed by atoms with Crippen LogP contribution in [0.3, 0.4) is 0 Å². The van der Waals surface area contributed by atoms with Gasteiger partial charge in [0, 0.05) is 17.6 Å². The number of piperidine rings is 1. The number of carbonyl (C=O) groups excluding carboxylic acids is 1. The lowest BCUT2D eigenvalue weighted by Crippen LogP contribution is -2.41. The standard InChI is InChI=1S/C16H19BrF3NO2/c1-2-23-15(22)12-6-11(7-14(17)8-12)9-21-5-3-4-13(10-21)16(18,19)20/h6-8,13H,2-5,9-10H2,1H3. The summed E-state index contributed by atoms with van der Waals surface area (Å²) in [5.41, 5.74) is 1.20. The lowest BCUT2D eigenvalue weighted by atomic mass is 9.97. The van der Waals surface area contributed by atoms with Gasteiger partial charge in [-0.25, -0.2) is 4.79 Å². The van der Waals surface area contributed by atoms with E-state index in [0.717, 1.165) is 5.56 Å². The summed E-state index contributed by atoms with van der Waals surface area (Å²) >= 11 is 3.33. The number of halogens is 4. The highest BCUT2D eigenvalue weighted by Gasteiger charge is 2.41. The van der Waals surface area contributed by atoms with Crippen molar-refractivity contribution >= 4 is 21.9 Å². The summed E-state index contributed by atoms with van der Waals surface area (Å²) < 4.78 is 44.3. The Kier molecular flexibility index (Phi) is 6.08. The van der Waals surface area contributed by atoms with Crippen molar-refractivity contribution in [1.29, 1.82) is 0 Å². The largest absolute Gasteiger partial charge is 0.462 e. The van der Waals surface area contributed by atoms with E-state index in [1.807, 2.05) is 6.07 Å². The molecule has 2 rings (SSSR count). The first kappa shape index (κ1) is 18.3. The number of hydrogen-bond donors (Lipinski definition) is 0. The van der Waals surface area contributed by atoms with Crippen LogP contribution in [-0.2, 0) is 11.3 Å². The second-order valence-electron chi connectivity index (χ2n) is 5.68. The lowest BCUT2D eigenvalue weighted by molar-refractivity contribution is -0.187. The normalized spacial score (nSPS) is 19.6. The first-order valence-electron chi connectivity index (χ1n) is 7.55. The summed E-state index contributed by atoms with van der Waals surface area (Å²) in [5.74, 6) is -1.70. The molecule has 0 bridgehead atoms. The molecule has 1 heterocycles. The molecule has 1 aromatic rings. The summed E-state index contributed by atoms with van der Waals surface area (Å²) in [4.78, 5) is 13.6. The SMILES string of the molecule is CCOC(=O)c1cc(Br)cc(CN2CCCC(C(F)(F)F)C2)c1. The zero-order valence-electron chi connectivity index (χ0n) is 12.8. The zero-order valence-corrected chi connectivity index (χ0v) is 14.4. The quantitative estimate of drug-likeness (QED) is 0.710. The third-order valence-corrected chi connectivity index (χ3v) is 4.30. The first-order valence-corrected chi connectivity index (χ1v) is 8.34. The Morgan fingerprint density at radius 1 is 1.39 bits per heavy atom. The van der Waals surface area contributed by atoms with Crippen LogP contribution in [0.5, 0.6) is 0 Å². The molecule has 1 aromatic carbocycles. The number of hydrogen-bond acceptors (Lipinski definition) is 3. The minimum Gasteiger partial charge on any atom is -0.462 e. The monoisotopic (exact) mass is 393 g/mol. The second-order valence-corrected chi connectivity index (χ2v) is 6.60. The van der Waals surface area contributed by atoms with E-state index in [0.29, 0.717) is 29.5 Å². The molecule has 0 amide bonds. The van der Waals surface area contributed by atoms with Crippen LogP contribution >= 0.6 is 15.9 Å². The average molecular weight is 394 g/mol. The van der Waals surface area contributed by atoms with E-state index < -0.39 is 18.1 Å². The van der Waals surface area contributed by atoms with Crippen molar-refractivity contribution in [2.24, 2.45) is 5.92 Å². The van der Waals surface area contributed by atoms with E-state index in [9.17, 15) is 18.0 Å². The first-order chi connectivity index (χ1) is 10.8. The minimum absolute atomic E-state index is 0.00472. The van der Waals surface area contributed by atoms with Crippen LogP contribution < -0.4 is 0 Å². The van der Waals surface area contributed by atoms with Crippen LogP contribution in [0.15, 0.2) is 22.7 Å². The number of alkyl halides is 3. The van der Waals surface area contributed by atoms with Gasteiger partial charge in [-0.05, 0) is 50.1 Å². The summed E-state index contributed by atoms with van der Waals surface area (Å²) in [6.45, 7) is 3.03. The molecule has 0 radical (unpaired) electrons. The van der Waals surface area contributed by atoms with Crippen LogP contribution in [0.1, 0.15) is 35.7 Å². The summed E-state index contributed by atoms with van der Waals surface area (Å²) in [7, 11) is 0. The van der Waals surface area contributed by atoms with Gasteiger partial charge in [0.25, 0.3) is 0 Å². The molecule has 0 aromatic heterocycles. The van der Waals surface area contributed by atoms with Gasteiger partial charge in [-0.2, -0.15) is 13.2 Å². The van der Waals surface area contributed by atoms with E-state index in [1.54, 1.807) is 24.0 Å². The van der Waals surface area contributed by atoms with Crippen LogP contribution in [0, 0.1) is 5.92 Å². The number of nitrogens with zero attached hydrogens (tertiary/aromatic N) is 1. The molecule has 0 spiro atoms. The van der Waals surface area contributed by atoms with Gasteiger partial charge in [0.15, 0.2) is 0 Å². The molecule has 1 unspecified atom stereocenters. The molecule has 7 heteroatoms. The molecule has 1 atom stereocenters. The molecule has 0 saturated carbocycles. The second kappa shape index (κ2) is 7.66. The molecule has 128 valence electrons. The van der Waals surface area contributed by atoms with E-state index in [4.69, 9.17) is 4.74 Å². The van der Waals surface area contributed by atoms with Crippen LogP contribution in [-0.4, -0.2) is 36.7 Å². The van der Waals surface area contributed by atoms with Crippen LogP contribution in [0.4, 0.5) is 13.2 Å². The van der Waals surface area contributed by atoms with Gasteiger partial charge in [-0.1, -0.05) is 15.9 Å². The van der Waals surface area contributed by atoms with Gasteiger partial charge >= 0.3 is 12.1 Å². The maximum Gasteiger partial charge on any atom is 0.393 e. The fourth-order valence-corrected chi connectivity index (χ4v) is 3.34. The Hall–Kier alpha value is -1.08. The van der Waals surface area contributed by atoms with Crippen molar-refractivity contribution in [3.63, 3.8) is 0 Å². The average Bonchev–Trinajstić information content (AvgIpc) is 2.46. The van der Waals surface area contributed by atoms with Crippen molar-refractivity contribution in [2.75, 3.05) is 19.7 Å². The number of carbonyl (C=O) groups is 1. The van der Waals surface area contributed by atoms with E-state index in [-0.39, 0.29) is 19.6 Å². The van der Waals surface area contributed by atoms with Gasteiger partial charge in [0.2, 0.25) is 0 Å². The van der Waals surface area contributed by atoms with Crippen molar-refractivity contribution in [1.82, 2.24) is 4.90 Å². The molecule has 0 aliphatic carbocycles. The number of likely N-dealkylation sites (tertiary alicyclic amines) is 1. The zero-order chi connectivity index (χ0) is 17.0. The number of esters is 1. The number of benzene rings is 1. The van der Waals surface area contributed by atoms with Crippen LogP contribution in [0.2, 0.25) is 0 Å². The molecule has 1 aliphatic rings. The van der Waals surface area contributed by atoms with Crippen molar-refractivity contribution in [3.8, 4) is 0 Å². The molecule has 1 aliphatic heterocycles. The van der Waals surface area contributed by atoms with E-state index in [2.05, 4.69) is 15.9 Å². The minimum atomic E-state index is -4.15. The Morgan fingerprint density at radius 3 is 2.78 bits per heavy atom. The maximum atomic E-state index is 12.9. The summed E-state index contributed by atoms with van der Waals surface area (Å²) in [6.07, 6.45) is -3.43. The third kappa shape index (κ3) is 5.21. The lowest BCUT2D eigenvalue weighted by Gasteiger charge is -2.33. The maximum absolute atomic E-state index is 12.9. The van der Waals surface area contributed by atoms with Gasteiger partial charge < -0.3 is 4.74 Å². The highest BCUT2D eigenvalue weighted by atomic mass is 79.9. The van der Waals surface area contributed by atoms with Gasteiger partial charge in [-0.15, -0.1) is 0 Å². The summed E-state index contributed by atoms with van der Waals surface area (Å²) in [6, 6.07) is 5.15. The topological polar surface area (TPSA) is 29.5 Å². The van der Waals surface area contributed by atoms with E-state index in [1.165, 1.54) is 0 Å². The third-order valence-electron chi connectivity index (χ3n) is 3.84. The van der Waals surface area contributed by atoms with Crippen molar-refractivity contribution in [2.45, 2.75) is 32.5 Å². The van der Waals surface area contributed by atoms with Crippen molar-refractivity contribution in [3.05, 3.63) is 33.8 Å². The number of rotatable bonds is 4. The van der Waals surface area contributed by atoms with Crippen molar-refractivity contribution < 1.29 is 22.7 Å². The highest BCUT2D eigenvalue weighted by Crippen LogP contribution is 2.33. The molecule has 0 N–H and O–H groups in total. The summed E-state index contributed by atoms with van der Waals surface area (Å²) in [5, 5.41) is 0. The van der Waals surface area contributed by atoms with Crippen LogP contribution in [0.25, 0.3) is 0 Å². The molecule has 1 saturated heterocycles. The van der Waals surface area contributed by atoms with E-state index >= 15 is 0 Å². The Labute approximate surface area is 141 Å². The van der Waals surface area contributed by atoms with Gasteiger partial charge in [-0.3, -0.25) is 4.90 Å². The fourth-order valence-electron chi connectivity index (χ4n) is 2.80. The smallest absolute Gasteiger partial charge is 0.393 e. The Balaban J connectivity index is 2.09. The molecular weight excluding hydrogens is 375 g/mol. The molecule has 1 fully saturated rings. The molecule has 23 heavy (non-hydrogen) atoms. The number of ether oxygens (including phenoxy) is 1. The Morgan fingerprint density at radius 2 is 2.13 bits per heavy atom. The van der Waals surface area contributed by atoms with Gasteiger partial charge in [0.05, 0.1) is 18.1 Å². The molecular formula is C16H19BrF3NO2. The predicted octanol–water partition coefficient (Wildman–Crippen LogP) is 4.40. The fraction of sp³-hybridized carbons (Fsp3) is 0.562.